The van der Waals surface area contributed by atoms with Crippen LogP contribution in [0.4, 0.5) is 0 Å². The molecule has 2 rings (SSSR count). The molecule has 0 spiro atoms. The van der Waals surface area contributed by atoms with Crippen LogP contribution >= 0.6 is 0 Å². The number of nitrogens with zero attached hydrogens (tertiary/aromatic N) is 1. The Kier molecular flexibility index (Phi) is 3.52. The number of carbonyl (C=O) groups is 1. The van der Waals surface area contributed by atoms with E-state index >= 15 is 0 Å². The van der Waals surface area contributed by atoms with Crippen molar-refractivity contribution < 1.29 is 9.90 Å². The number of nitrogens with one attached hydrogen (secondary N) is 1. The molecule has 1 aromatic heterocycles. The maximum Gasteiger partial charge on any atom is 0.228 e. The highest BCUT2D eigenvalue weighted by atomic mass is 16.3. The van der Waals surface area contributed by atoms with Crippen LogP contribution in [-0.4, -0.2) is 40.6 Å². The third-order valence-electron chi connectivity index (χ3n) is 3.52. The highest BCUT2D eigenvalue weighted by Gasteiger charge is 2.32. The van der Waals surface area contributed by atoms with E-state index in [2.05, 4.69) is 4.98 Å². The zero-order valence-corrected chi connectivity index (χ0v) is 10.3. The number of H-pyrrole nitrogens is 1. The molecule has 1 aliphatic heterocycles. The van der Waals surface area contributed by atoms with Gasteiger partial charge >= 0.3 is 0 Å². The van der Waals surface area contributed by atoms with Gasteiger partial charge < -0.3 is 15.0 Å². The Morgan fingerprint density at radius 2 is 2.47 bits per heavy atom. The second kappa shape index (κ2) is 4.92. The Hall–Kier alpha value is -1.29. The van der Waals surface area contributed by atoms with Gasteiger partial charge in [-0.2, -0.15) is 0 Å². The lowest BCUT2D eigenvalue weighted by atomic mass is 9.82. The lowest BCUT2D eigenvalue weighted by Crippen LogP contribution is -2.46. The number of aromatic nitrogens is 1. The van der Waals surface area contributed by atoms with E-state index in [9.17, 15) is 9.90 Å². The quantitative estimate of drug-likeness (QED) is 0.828. The normalized spacial score (nSPS) is 24.9. The molecule has 1 unspecified atom stereocenters. The van der Waals surface area contributed by atoms with Crippen LogP contribution < -0.4 is 0 Å². The van der Waals surface area contributed by atoms with Crippen molar-refractivity contribution in [2.24, 2.45) is 5.41 Å². The fourth-order valence-corrected chi connectivity index (χ4v) is 2.41. The first-order chi connectivity index (χ1) is 8.13. The van der Waals surface area contributed by atoms with Gasteiger partial charge in [0.1, 0.15) is 0 Å². The largest absolute Gasteiger partial charge is 0.396 e. The molecule has 0 radical (unpaired) electrons. The minimum absolute atomic E-state index is 0.121. The molecule has 1 fully saturated rings. The number of aromatic amines is 1. The van der Waals surface area contributed by atoms with Gasteiger partial charge in [0.25, 0.3) is 0 Å². The van der Waals surface area contributed by atoms with Crippen molar-refractivity contribution in [1.82, 2.24) is 9.88 Å². The van der Waals surface area contributed by atoms with E-state index in [1.807, 2.05) is 30.2 Å². The molecule has 1 aromatic rings. The predicted molar refractivity (Wildman–Crippen MR) is 65.5 cm³/mol. The highest BCUT2D eigenvalue weighted by molar-refractivity contribution is 5.78. The second-order valence-electron chi connectivity index (χ2n) is 5.26. The summed E-state index contributed by atoms with van der Waals surface area (Å²) in [6.45, 7) is 3.68. The third kappa shape index (κ3) is 2.88. The van der Waals surface area contributed by atoms with Crippen LogP contribution in [0.1, 0.15) is 25.5 Å². The summed E-state index contributed by atoms with van der Waals surface area (Å²) in [5.74, 6) is 0.145. The minimum atomic E-state index is -0.121. The second-order valence-corrected chi connectivity index (χ2v) is 5.26. The zero-order chi connectivity index (χ0) is 12.3. The van der Waals surface area contributed by atoms with E-state index < -0.39 is 0 Å². The summed E-state index contributed by atoms with van der Waals surface area (Å²) >= 11 is 0. The van der Waals surface area contributed by atoms with Crippen molar-refractivity contribution in [3.63, 3.8) is 0 Å². The summed E-state index contributed by atoms with van der Waals surface area (Å²) in [5, 5.41) is 9.36. The van der Waals surface area contributed by atoms with Gasteiger partial charge in [0.2, 0.25) is 5.91 Å². The van der Waals surface area contributed by atoms with E-state index in [4.69, 9.17) is 0 Å². The van der Waals surface area contributed by atoms with Gasteiger partial charge in [-0.15, -0.1) is 0 Å². The molecule has 1 atom stereocenters. The van der Waals surface area contributed by atoms with Crippen LogP contribution in [0.5, 0.6) is 0 Å². The summed E-state index contributed by atoms with van der Waals surface area (Å²) in [4.78, 5) is 17.0. The average Bonchev–Trinajstić information content (AvgIpc) is 2.82. The third-order valence-corrected chi connectivity index (χ3v) is 3.52. The van der Waals surface area contributed by atoms with Gasteiger partial charge in [-0.3, -0.25) is 4.79 Å². The lowest BCUT2D eigenvalue weighted by molar-refractivity contribution is -0.134. The van der Waals surface area contributed by atoms with Gasteiger partial charge in [-0.25, -0.2) is 0 Å². The molecule has 1 saturated heterocycles. The molecule has 2 heterocycles. The van der Waals surface area contributed by atoms with Crippen LogP contribution in [0.2, 0.25) is 0 Å². The lowest BCUT2D eigenvalue weighted by Gasteiger charge is -2.39. The maximum atomic E-state index is 12.1. The summed E-state index contributed by atoms with van der Waals surface area (Å²) in [6.07, 6.45) is 4.23. The van der Waals surface area contributed by atoms with Crippen molar-refractivity contribution in [2.45, 2.75) is 26.2 Å². The molecule has 17 heavy (non-hydrogen) atoms. The summed E-state index contributed by atoms with van der Waals surface area (Å²) < 4.78 is 0. The molecule has 0 bridgehead atoms. The highest BCUT2D eigenvalue weighted by Crippen LogP contribution is 2.28. The molecule has 4 nitrogen and oxygen atoms in total. The number of hydrogen-bond donors (Lipinski definition) is 2. The molecular formula is C13H20N2O2. The maximum absolute atomic E-state index is 12.1. The monoisotopic (exact) mass is 236 g/mol. The molecule has 1 aliphatic rings. The first kappa shape index (κ1) is 12.2. The Morgan fingerprint density at radius 3 is 3.12 bits per heavy atom. The first-order valence-electron chi connectivity index (χ1n) is 6.14. The van der Waals surface area contributed by atoms with E-state index in [1.165, 1.54) is 0 Å². The summed E-state index contributed by atoms with van der Waals surface area (Å²) in [7, 11) is 0. The predicted octanol–water partition coefficient (Wildman–Crippen LogP) is 1.18. The smallest absolute Gasteiger partial charge is 0.228 e. The minimum Gasteiger partial charge on any atom is -0.396 e. The van der Waals surface area contributed by atoms with Crippen molar-refractivity contribution in [3.05, 3.63) is 24.0 Å². The van der Waals surface area contributed by atoms with Gasteiger partial charge in [-0.05, 0) is 25.0 Å². The van der Waals surface area contributed by atoms with Gasteiger partial charge in [0, 0.05) is 30.4 Å². The number of amides is 1. The SMILES string of the molecule is CC1(CO)CCCN(C(=O)Cc2ccc[nH]2)C1. The Morgan fingerprint density at radius 1 is 1.65 bits per heavy atom. The average molecular weight is 236 g/mol. The molecule has 0 saturated carbocycles. The van der Waals surface area contributed by atoms with Crippen molar-refractivity contribution in [1.29, 1.82) is 0 Å². The molecule has 0 aliphatic carbocycles. The van der Waals surface area contributed by atoms with Crippen molar-refractivity contribution in [2.75, 3.05) is 19.7 Å². The zero-order valence-electron chi connectivity index (χ0n) is 10.3. The number of carbonyl (C=O) groups excluding carboxylic acids is 1. The van der Waals surface area contributed by atoms with E-state index in [1.54, 1.807) is 0 Å². The van der Waals surface area contributed by atoms with Crippen LogP contribution in [0, 0.1) is 5.41 Å². The fraction of sp³-hybridized carbons (Fsp3) is 0.615. The molecular weight excluding hydrogens is 216 g/mol. The number of hydrogen-bond acceptors (Lipinski definition) is 2. The Balaban J connectivity index is 1.95. The van der Waals surface area contributed by atoms with Crippen LogP contribution in [0.15, 0.2) is 18.3 Å². The van der Waals surface area contributed by atoms with Crippen LogP contribution in [0.25, 0.3) is 0 Å². The number of rotatable bonds is 3. The van der Waals surface area contributed by atoms with E-state index in [0.717, 1.165) is 25.1 Å². The summed E-state index contributed by atoms with van der Waals surface area (Å²) in [6, 6.07) is 3.82. The number of aliphatic hydroxyl groups excluding tert-OH is 1. The van der Waals surface area contributed by atoms with E-state index in [-0.39, 0.29) is 17.9 Å². The molecule has 0 aromatic carbocycles. The fourth-order valence-electron chi connectivity index (χ4n) is 2.41. The van der Waals surface area contributed by atoms with Crippen molar-refractivity contribution >= 4 is 5.91 Å². The molecule has 4 heteroatoms. The number of likely N-dealkylation sites (tertiary alicyclic amines) is 1. The molecule has 94 valence electrons. The van der Waals surface area contributed by atoms with Gasteiger partial charge in [-0.1, -0.05) is 6.92 Å². The molecule has 2 N–H and O–H groups in total. The van der Waals surface area contributed by atoms with E-state index in [0.29, 0.717) is 13.0 Å². The number of aliphatic hydroxyl groups is 1. The summed E-state index contributed by atoms with van der Waals surface area (Å²) in [5.41, 5.74) is 0.829. The molecule has 1 amide bonds. The van der Waals surface area contributed by atoms with Crippen molar-refractivity contribution in [3.8, 4) is 0 Å². The Labute approximate surface area is 102 Å². The number of piperidine rings is 1. The standard InChI is InChI=1S/C13H20N2O2/c1-13(10-16)5-3-7-15(9-13)12(17)8-11-4-2-6-14-11/h2,4,6,14,16H,3,5,7-10H2,1H3. The topological polar surface area (TPSA) is 56.3 Å². The van der Waals surface area contributed by atoms with Gasteiger partial charge in [0.05, 0.1) is 13.0 Å². The van der Waals surface area contributed by atoms with Crippen LogP contribution in [-0.2, 0) is 11.2 Å². The van der Waals surface area contributed by atoms with Crippen LogP contribution in [0.3, 0.4) is 0 Å². The van der Waals surface area contributed by atoms with Gasteiger partial charge in [0.15, 0.2) is 0 Å². The first-order valence-corrected chi connectivity index (χ1v) is 6.14. The Bertz CT molecular complexity index is 375.